The molecule has 0 saturated heterocycles. The molecule has 4 nitrogen and oxygen atoms in total. The molecule has 0 fully saturated rings. The van der Waals surface area contributed by atoms with Gasteiger partial charge in [0.2, 0.25) is 5.91 Å². The molecule has 2 N–H and O–H groups in total. The predicted octanol–water partition coefficient (Wildman–Crippen LogP) is 6.72. The Morgan fingerprint density at radius 1 is 0.852 bits per heavy atom. The first-order valence-electron chi connectivity index (χ1n) is 10.7. The second-order valence-electron chi connectivity index (χ2n) is 7.52. The molecule has 1 aromatic rings. The van der Waals surface area contributed by atoms with Crippen LogP contribution in [0.25, 0.3) is 0 Å². The first kappa shape index (κ1) is 23.2. The van der Waals surface area contributed by atoms with Crippen LogP contribution in [0.5, 0.6) is 0 Å². The lowest BCUT2D eigenvalue weighted by atomic mass is 10.0. The summed E-state index contributed by atoms with van der Waals surface area (Å²) in [5.41, 5.74) is 1.72. The molecule has 0 aliphatic rings. The predicted molar refractivity (Wildman–Crippen MR) is 112 cm³/mol. The van der Waals surface area contributed by atoms with Gasteiger partial charge in [0.05, 0.1) is 5.56 Å². The van der Waals surface area contributed by atoms with E-state index in [1.54, 1.807) is 12.1 Å². The molecule has 1 aromatic carbocycles. The minimum absolute atomic E-state index is 0.00764. The van der Waals surface area contributed by atoms with E-state index in [2.05, 4.69) is 12.2 Å². The minimum atomic E-state index is -0.951. The maximum Gasteiger partial charge on any atom is 0.335 e. The van der Waals surface area contributed by atoms with Gasteiger partial charge in [0, 0.05) is 12.1 Å². The van der Waals surface area contributed by atoms with Crippen LogP contribution in [0.3, 0.4) is 0 Å². The number of rotatable bonds is 15. The van der Waals surface area contributed by atoms with Crippen molar-refractivity contribution in [3.8, 4) is 0 Å². The number of carbonyl (C=O) groups excluding carboxylic acids is 1. The molecule has 0 spiro atoms. The third-order valence-corrected chi connectivity index (χ3v) is 5.00. The zero-order chi connectivity index (χ0) is 19.9. The van der Waals surface area contributed by atoms with E-state index >= 15 is 0 Å². The van der Waals surface area contributed by atoms with E-state index in [0.717, 1.165) is 18.4 Å². The van der Waals surface area contributed by atoms with Crippen molar-refractivity contribution in [1.29, 1.82) is 0 Å². The molecule has 0 radical (unpaired) electrons. The van der Waals surface area contributed by atoms with Crippen LogP contribution in [-0.4, -0.2) is 17.0 Å². The van der Waals surface area contributed by atoms with E-state index < -0.39 is 5.97 Å². The van der Waals surface area contributed by atoms with Gasteiger partial charge >= 0.3 is 5.97 Å². The highest BCUT2D eigenvalue weighted by atomic mass is 16.4. The lowest BCUT2D eigenvalue weighted by molar-refractivity contribution is -0.116. The Kier molecular flexibility index (Phi) is 12.2. The highest BCUT2D eigenvalue weighted by Crippen LogP contribution is 2.18. The molecule has 0 bridgehead atoms. The molecule has 0 heterocycles. The zero-order valence-electron chi connectivity index (χ0n) is 17.2. The number of carboxylic acids is 1. The third-order valence-electron chi connectivity index (χ3n) is 5.00. The van der Waals surface area contributed by atoms with Crippen molar-refractivity contribution in [1.82, 2.24) is 0 Å². The Balaban J connectivity index is 2.04. The van der Waals surface area contributed by atoms with E-state index in [4.69, 9.17) is 5.11 Å². The van der Waals surface area contributed by atoms with E-state index in [1.807, 2.05) is 6.92 Å². The number of hydrogen-bond donors (Lipinski definition) is 2. The summed E-state index contributed by atoms with van der Waals surface area (Å²) in [6.45, 7) is 4.06. The number of unbranched alkanes of at least 4 members (excludes halogenated alkanes) is 11. The summed E-state index contributed by atoms with van der Waals surface area (Å²) in [5, 5.41) is 11.9. The molecule has 4 heteroatoms. The highest BCUT2D eigenvalue weighted by molar-refractivity contribution is 5.93. The lowest BCUT2D eigenvalue weighted by Gasteiger charge is -2.09. The molecular weight excluding hydrogens is 338 g/mol. The Hall–Kier alpha value is -1.84. The number of anilines is 1. The number of carboxylic acid groups (broad SMARTS) is 1. The molecule has 0 atom stereocenters. The van der Waals surface area contributed by atoms with Gasteiger partial charge in [-0.05, 0) is 37.1 Å². The van der Waals surface area contributed by atoms with Gasteiger partial charge in [0.15, 0.2) is 0 Å². The molecule has 0 aliphatic carbocycles. The fraction of sp³-hybridized carbons (Fsp3) is 0.652. The molecule has 27 heavy (non-hydrogen) atoms. The topological polar surface area (TPSA) is 66.4 Å². The second kappa shape index (κ2) is 14.2. The van der Waals surface area contributed by atoms with E-state index in [9.17, 15) is 9.59 Å². The Morgan fingerprint density at radius 3 is 1.85 bits per heavy atom. The van der Waals surface area contributed by atoms with Gasteiger partial charge in [0.1, 0.15) is 0 Å². The average Bonchev–Trinajstić information content (AvgIpc) is 2.64. The molecule has 0 unspecified atom stereocenters. The van der Waals surface area contributed by atoms with E-state index in [0.29, 0.717) is 12.1 Å². The largest absolute Gasteiger partial charge is 0.478 e. The van der Waals surface area contributed by atoms with Crippen LogP contribution >= 0.6 is 0 Å². The number of hydrogen-bond acceptors (Lipinski definition) is 2. The Labute approximate surface area is 164 Å². The summed E-state index contributed by atoms with van der Waals surface area (Å²) in [4.78, 5) is 23.0. The van der Waals surface area contributed by atoms with Crippen LogP contribution in [0.2, 0.25) is 0 Å². The van der Waals surface area contributed by atoms with Gasteiger partial charge in [-0.1, -0.05) is 77.6 Å². The van der Waals surface area contributed by atoms with Gasteiger partial charge in [-0.25, -0.2) is 4.79 Å². The fourth-order valence-electron chi connectivity index (χ4n) is 3.28. The number of carbonyl (C=O) groups is 2. The highest BCUT2D eigenvalue weighted by Gasteiger charge is 2.08. The average molecular weight is 376 g/mol. The van der Waals surface area contributed by atoms with Gasteiger partial charge in [0.25, 0.3) is 0 Å². The summed E-state index contributed by atoms with van der Waals surface area (Å²) < 4.78 is 0. The van der Waals surface area contributed by atoms with Gasteiger partial charge in [-0.15, -0.1) is 0 Å². The van der Waals surface area contributed by atoms with Crippen molar-refractivity contribution >= 4 is 17.6 Å². The van der Waals surface area contributed by atoms with Crippen LogP contribution in [0, 0.1) is 6.92 Å². The van der Waals surface area contributed by atoms with Crippen LogP contribution in [0.15, 0.2) is 18.2 Å². The zero-order valence-corrected chi connectivity index (χ0v) is 17.2. The maximum absolute atomic E-state index is 12.0. The molecule has 152 valence electrons. The van der Waals surface area contributed by atoms with Crippen LogP contribution < -0.4 is 5.32 Å². The van der Waals surface area contributed by atoms with E-state index in [1.165, 1.54) is 70.3 Å². The Morgan fingerprint density at radius 2 is 1.37 bits per heavy atom. The monoisotopic (exact) mass is 375 g/mol. The van der Waals surface area contributed by atoms with Crippen LogP contribution in [-0.2, 0) is 4.79 Å². The summed E-state index contributed by atoms with van der Waals surface area (Å²) in [6, 6.07) is 4.77. The first-order valence-corrected chi connectivity index (χ1v) is 10.7. The molecular formula is C23H37NO3. The quantitative estimate of drug-likeness (QED) is 0.334. The normalized spacial score (nSPS) is 10.7. The molecule has 0 saturated carbocycles. The van der Waals surface area contributed by atoms with Gasteiger partial charge in [-0.3, -0.25) is 4.79 Å². The van der Waals surface area contributed by atoms with Crippen molar-refractivity contribution in [2.45, 2.75) is 97.3 Å². The first-order chi connectivity index (χ1) is 13.0. The number of amides is 1. The minimum Gasteiger partial charge on any atom is -0.478 e. The lowest BCUT2D eigenvalue weighted by Crippen LogP contribution is -2.12. The third kappa shape index (κ3) is 10.8. The summed E-state index contributed by atoms with van der Waals surface area (Å²) in [7, 11) is 0. The smallest absolute Gasteiger partial charge is 0.335 e. The number of aromatic carboxylic acids is 1. The van der Waals surface area contributed by atoms with E-state index in [-0.39, 0.29) is 11.5 Å². The number of aryl methyl sites for hydroxylation is 1. The van der Waals surface area contributed by atoms with Crippen molar-refractivity contribution in [3.63, 3.8) is 0 Å². The SMILES string of the molecule is CCCCCCCCCCCCCCC(=O)Nc1ccc(C(=O)O)cc1C. The van der Waals surface area contributed by atoms with Crippen LogP contribution in [0.1, 0.15) is 106 Å². The summed E-state index contributed by atoms with van der Waals surface area (Å²) >= 11 is 0. The molecule has 0 aromatic heterocycles. The van der Waals surface area contributed by atoms with Crippen molar-refractivity contribution in [2.24, 2.45) is 0 Å². The van der Waals surface area contributed by atoms with Gasteiger partial charge in [-0.2, -0.15) is 0 Å². The van der Waals surface area contributed by atoms with Crippen molar-refractivity contribution in [3.05, 3.63) is 29.3 Å². The van der Waals surface area contributed by atoms with Crippen molar-refractivity contribution in [2.75, 3.05) is 5.32 Å². The standard InChI is InChI=1S/C23H37NO3/c1-3-4-5-6-7-8-9-10-11-12-13-14-15-22(25)24-21-17-16-20(23(26)27)18-19(21)2/h16-18H,3-15H2,1-2H3,(H,24,25)(H,26,27). The molecule has 0 aliphatic heterocycles. The fourth-order valence-corrected chi connectivity index (χ4v) is 3.28. The molecule has 1 rings (SSSR count). The Bertz CT molecular complexity index is 569. The second-order valence-corrected chi connectivity index (χ2v) is 7.52. The number of nitrogens with one attached hydrogen (secondary N) is 1. The summed E-state index contributed by atoms with van der Waals surface area (Å²) in [6.07, 6.45) is 15.9. The number of benzene rings is 1. The van der Waals surface area contributed by atoms with Gasteiger partial charge < -0.3 is 10.4 Å². The van der Waals surface area contributed by atoms with Crippen LogP contribution in [0.4, 0.5) is 5.69 Å². The summed E-state index contributed by atoms with van der Waals surface area (Å²) in [5.74, 6) is -0.944. The maximum atomic E-state index is 12.0. The molecule has 1 amide bonds. The van der Waals surface area contributed by atoms with Crippen molar-refractivity contribution < 1.29 is 14.7 Å².